The molecule has 1 aromatic carbocycles. The molecule has 0 aliphatic carbocycles. The van der Waals surface area contributed by atoms with Crippen molar-refractivity contribution in [1.82, 2.24) is 5.32 Å². The number of hydrogen-bond acceptors (Lipinski definition) is 5. The van der Waals surface area contributed by atoms with Gasteiger partial charge in [0.05, 0.1) is 18.8 Å². The van der Waals surface area contributed by atoms with Crippen LogP contribution < -0.4 is 5.32 Å². The number of aliphatic hydroxyl groups is 2. The predicted molar refractivity (Wildman–Crippen MR) is 135 cm³/mol. The number of carbonyl (C=O) groups excluding carboxylic acids is 1. The molecule has 1 amide bonds. The first-order chi connectivity index (χ1) is 16.5. The normalized spacial score (nSPS) is 21.3. The summed E-state index contributed by atoms with van der Waals surface area (Å²) in [5.41, 5.74) is 1.42. The summed E-state index contributed by atoms with van der Waals surface area (Å²) in [4.78, 5) is 12.0. The molecule has 1 aromatic rings. The molecule has 0 radical (unpaired) electrons. The maximum atomic E-state index is 12.0. The highest BCUT2D eigenvalue weighted by Gasteiger charge is 2.28. The van der Waals surface area contributed by atoms with E-state index in [-0.39, 0.29) is 12.0 Å². The molecule has 2 rings (SSSR count). The molecular weight excluding hydrogens is 430 g/mol. The summed E-state index contributed by atoms with van der Waals surface area (Å²) in [7, 11) is 0. The van der Waals surface area contributed by atoms with E-state index in [0.29, 0.717) is 32.3 Å². The molecule has 0 spiro atoms. The number of aliphatic hydroxyl groups excluding tert-OH is 2. The van der Waals surface area contributed by atoms with Gasteiger partial charge < -0.3 is 25.0 Å². The Bertz CT molecular complexity index is 641. The molecule has 194 valence electrons. The number of ether oxygens (including phenoxy) is 2. The number of rotatable bonds is 18. The van der Waals surface area contributed by atoms with Gasteiger partial charge in [-0.15, -0.1) is 0 Å². The quantitative estimate of drug-likeness (QED) is 0.262. The van der Waals surface area contributed by atoms with Crippen molar-refractivity contribution in [2.45, 2.75) is 121 Å². The Morgan fingerprint density at radius 1 is 1.03 bits per heavy atom. The fourth-order valence-electron chi connectivity index (χ4n) is 4.33. The minimum atomic E-state index is -0.586. The lowest BCUT2D eigenvalue weighted by atomic mass is 10.0. The summed E-state index contributed by atoms with van der Waals surface area (Å²) < 4.78 is 11.2. The summed E-state index contributed by atoms with van der Waals surface area (Å²) in [6.07, 6.45) is 11.7. The van der Waals surface area contributed by atoms with E-state index in [9.17, 15) is 15.0 Å². The summed E-state index contributed by atoms with van der Waals surface area (Å²) in [6.45, 7) is 3.10. The van der Waals surface area contributed by atoms with Crippen molar-refractivity contribution in [2.24, 2.45) is 0 Å². The van der Waals surface area contributed by atoms with Gasteiger partial charge in [-0.3, -0.25) is 4.79 Å². The zero-order valence-corrected chi connectivity index (χ0v) is 21.1. The van der Waals surface area contributed by atoms with Gasteiger partial charge in [0, 0.05) is 13.0 Å². The van der Waals surface area contributed by atoms with E-state index in [2.05, 4.69) is 35.6 Å². The fraction of sp³-hybridized carbons (Fsp3) is 0.750. The van der Waals surface area contributed by atoms with Gasteiger partial charge in [-0.05, 0) is 63.9 Å². The van der Waals surface area contributed by atoms with Crippen LogP contribution in [0.3, 0.4) is 0 Å². The van der Waals surface area contributed by atoms with Crippen LogP contribution in [0.15, 0.2) is 30.3 Å². The molecule has 4 atom stereocenters. The van der Waals surface area contributed by atoms with Gasteiger partial charge in [-0.2, -0.15) is 0 Å². The molecule has 6 heteroatoms. The third-order valence-corrected chi connectivity index (χ3v) is 6.53. The molecule has 34 heavy (non-hydrogen) atoms. The second-order valence-electron chi connectivity index (χ2n) is 9.73. The minimum Gasteiger partial charge on any atom is -0.393 e. The van der Waals surface area contributed by atoms with Crippen LogP contribution in [0.2, 0.25) is 0 Å². The number of hydrogen-bond donors (Lipinski definition) is 3. The lowest BCUT2D eigenvalue weighted by molar-refractivity contribution is -0.237. The number of benzene rings is 1. The van der Waals surface area contributed by atoms with Crippen LogP contribution in [-0.4, -0.2) is 53.9 Å². The van der Waals surface area contributed by atoms with E-state index < -0.39 is 18.5 Å². The van der Waals surface area contributed by atoms with E-state index in [4.69, 9.17) is 9.47 Å². The van der Waals surface area contributed by atoms with Crippen LogP contribution in [0.4, 0.5) is 0 Å². The first kappa shape index (κ1) is 28.8. The molecule has 6 nitrogen and oxygen atoms in total. The molecule has 4 unspecified atom stereocenters. The number of unbranched alkanes of at least 4 members (excludes halogenated alkanes) is 6. The molecule has 1 aliphatic heterocycles. The molecule has 3 N–H and O–H groups in total. The van der Waals surface area contributed by atoms with Gasteiger partial charge in [0.25, 0.3) is 0 Å². The molecule has 0 saturated carbocycles. The Hall–Kier alpha value is -1.47. The van der Waals surface area contributed by atoms with Crippen molar-refractivity contribution in [3.8, 4) is 0 Å². The topological polar surface area (TPSA) is 88.0 Å². The number of aryl methyl sites for hydroxylation is 1. The Morgan fingerprint density at radius 3 is 2.56 bits per heavy atom. The van der Waals surface area contributed by atoms with Crippen molar-refractivity contribution in [3.63, 3.8) is 0 Å². The Balaban J connectivity index is 1.34. The Kier molecular flexibility index (Phi) is 15.1. The third-order valence-electron chi connectivity index (χ3n) is 6.53. The smallest absolute Gasteiger partial charge is 0.219 e. The summed E-state index contributed by atoms with van der Waals surface area (Å²) in [6, 6.07) is 10.7. The molecule has 0 aromatic heterocycles. The van der Waals surface area contributed by atoms with E-state index in [1.165, 1.54) is 44.1 Å². The number of amides is 1. The predicted octanol–water partition coefficient (Wildman–Crippen LogP) is 4.90. The first-order valence-electron chi connectivity index (χ1n) is 13.5. The van der Waals surface area contributed by atoms with Gasteiger partial charge >= 0.3 is 0 Å². The maximum Gasteiger partial charge on any atom is 0.219 e. The Labute approximate surface area is 206 Å². The van der Waals surface area contributed by atoms with Gasteiger partial charge in [0.2, 0.25) is 5.91 Å². The summed E-state index contributed by atoms with van der Waals surface area (Å²) in [5.74, 6) is 0.109. The van der Waals surface area contributed by atoms with Crippen LogP contribution >= 0.6 is 0 Å². The second-order valence-corrected chi connectivity index (χ2v) is 9.73. The lowest BCUT2D eigenvalue weighted by Crippen LogP contribution is -2.40. The van der Waals surface area contributed by atoms with Crippen molar-refractivity contribution < 1.29 is 24.5 Å². The van der Waals surface area contributed by atoms with Crippen molar-refractivity contribution in [1.29, 1.82) is 0 Å². The van der Waals surface area contributed by atoms with Crippen LogP contribution in [0.25, 0.3) is 0 Å². The monoisotopic (exact) mass is 477 g/mol. The average Bonchev–Trinajstić information content (AvgIpc) is 2.83. The largest absolute Gasteiger partial charge is 0.393 e. The van der Waals surface area contributed by atoms with E-state index >= 15 is 0 Å². The number of carbonyl (C=O) groups is 1. The van der Waals surface area contributed by atoms with Crippen molar-refractivity contribution >= 4 is 5.91 Å². The first-order valence-corrected chi connectivity index (χ1v) is 13.5. The molecule has 1 fully saturated rings. The van der Waals surface area contributed by atoms with E-state index in [1.54, 1.807) is 0 Å². The molecule has 1 heterocycles. The molecule has 1 saturated heterocycles. The molecule has 1 aliphatic rings. The highest BCUT2D eigenvalue weighted by molar-refractivity contribution is 5.75. The SMILES string of the molecule is CC1CCC(O)C(OCCC(O)CCCCC(=O)NCCCCCCCCc2ccccc2)O1. The molecule has 0 bridgehead atoms. The van der Waals surface area contributed by atoms with Crippen molar-refractivity contribution in [2.75, 3.05) is 13.2 Å². The zero-order valence-electron chi connectivity index (χ0n) is 21.1. The van der Waals surface area contributed by atoms with Gasteiger partial charge in [0.1, 0.15) is 6.10 Å². The van der Waals surface area contributed by atoms with E-state index in [1.807, 2.05) is 6.92 Å². The van der Waals surface area contributed by atoms with Gasteiger partial charge in [-0.25, -0.2) is 0 Å². The van der Waals surface area contributed by atoms with Crippen LogP contribution in [0.5, 0.6) is 0 Å². The minimum absolute atomic E-state index is 0.0969. The summed E-state index contributed by atoms with van der Waals surface area (Å²) in [5, 5.41) is 23.0. The van der Waals surface area contributed by atoms with Crippen LogP contribution in [0.1, 0.15) is 96.0 Å². The maximum absolute atomic E-state index is 12.0. The lowest BCUT2D eigenvalue weighted by Gasteiger charge is -2.32. The van der Waals surface area contributed by atoms with Gasteiger partial charge in [-0.1, -0.05) is 62.4 Å². The second kappa shape index (κ2) is 17.9. The standard InChI is InChI=1S/C28H47NO5/c1-23-18-19-26(31)28(34-23)33-22-20-25(30)16-10-11-17-27(32)29-21-12-5-3-2-4-7-13-24-14-8-6-9-15-24/h6,8-9,14-15,23,25-26,28,30-31H,2-5,7,10-13,16-22H2,1H3,(H,29,32). The van der Waals surface area contributed by atoms with Crippen LogP contribution in [0, 0.1) is 0 Å². The molecular formula is C28H47NO5. The summed E-state index contributed by atoms with van der Waals surface area (Å²) >= 11 is 0. The fourth-order valence-corrected chi connectivity index (χ4v) is 4.33. The van der Waals surface area contributed by atoms with E-state index in [0.717, 1.165) is 32.2 Å². The van der Waals surface area contributed by atoms with Gasteiger partial charge in [0.15, 0.2) is 6.29 Å². The highest BCUT2D eigenvalue weighted by atomic mass is 16.7. The zero-order chi connectivity index (χ0) is 24.4. The average molecular weight is 478 g/mol. The number of nitrogens with one attached hydrogen (secondary N) is 1. The Morgan fingerprint density at radius 2 is 1.76 bits per heavy atom. The van der Waals surface area contributed by atoms with Crippen LogP contribution in [-0.2, 0) is 20.7 Å². The third kappa shape index (κ3) is 13.4. The van der Waals surface area contributed by atoms with Crippen molar-refractivity contribution in [3.05, 3.63) is 35.9 Å². The highest BCUT2D eigenvalue weighted by Crippen LogP contribution is 2.20.